The first kappa shape index (κ1) is 11.3. The minimum Gasteiger partial charge on any atom is -0.506 e. The predicted octanol–water partition coefficient (Wildman–Crippen LogP) is 3.46. The quantitative estimate of drug-likeness (QED) is 0.691. The number of nitrogens with one attached hydrogen (secondary N) is 1. The smallest absolute Gasteiger partial charge is 0.139 e. The van der Waals surface area contributed by atoms with Crippen molar-refractivity contribution in [3.8, 4) is 11.5 Å². The molecule has 0 aliphatic carbocycles. The topological polar surface area (TPSA) is 52.5 Å². The van der Waals surface area contributed by atoms with Crippen LogP contribution in [0.15, 0.2) is 36.4 Å². The average molecular weight is 229 g/mol. The van der Waals surface area contributed by atoms with Gasteiger partial charge in [0.2, 0.25) is 0 Å². The van der Waals surface area contributed by atoms with Gasteiger partial charge >= 0.3 is 0 Å². The number of aryl methyl sites for hydroxylation is 2. The third-order valence-corrected chi connectivity index (χ3v) is 2.79. The number of aromatic hydroxyl groups is 2. The monoisotopic (exact) mass is 229 g/mol. The van der Waals surface area contributed by atoms with Crippen LogP contribution < -0.4 is 5.32 Å². The van der Waals surface area contributed by atoms with E-state index in [4.69, 9.17) is 0 Å². The van der Waals surface area contributed by atoms with Gasteiger partial charge < -0.3 is 15.5 Å². The molecule has 0 aliphatic heterocycles. The Labute approximate surface area is 100 Å². The van der Waals surface area contributed by atoms with E-state index in [0.29, 0.717) is 11.4 Å². The van der Waals surface area contributed by atoms with E-state index in [1.807, 2.05) is 26.0 Å². The van der Waals surface area contributed by atoms with E-state index >= 15 is 0 Å². The SMILES string of the molecule is Cc1cc(O)c(Nc2ccccc2O)cc1C. The summed E-state index contributed by atoms with van der Waals surface area (Å²) < 4.78 is 0. The van der Waals surface area contributed by atoms with Gasteiger partial charge in [-0.15, -0.1) is 0 Å². The zero-order valence-electron chi connectivity index (χ0n) is 9.86. The van der Waals surface area contributed by atoms with Crippen LogP contribution in [-0.2, 0) is 0 Å². The second kappa shape index (κ2) is 4.37. The van der Waals surface area contributed by atoms with Crippen LogP contribution in [0.3, 0.4) is 0 Å². The number of phenolic OH excluding ortho intramolecular Hbond substituents is 2. The van der Waals surface area contributed by atoms with Gasteiger partial charge in [-0.2, -0.15) is 0 Å². The van der Waals surface area contributed by atoms with Gasteiger partial charge in [0.15, 0.2) is 0 Å². The third kappa shape index (κ3) is 2.33. The molecule has 0 fully saturated rings. The van der Waals surface area contributed by atoms with Gasteiger partial charge in [0.05, 0.1) is 11.4 Å². The fourth-order valence-electron chi connectivity index (χ4n) is 1.63. The summed E-state index contributed by atoms with van der Waals surface area (Å²) >= 11 is 0. The van der Waals surface area contributed by atoms with Crippen LogP contribution in [0.5, 0.6) is 11.5 Å². The molecule has 0 bridgehead atoms. The molecular formula is C14H15NO2. The molecule has 3 N–H and O–H groups in total. The van der Waals surface area contributed by atoms with E-state index < -0.39 is 0 Å². The molecule has 0 aromatic heterocycles. The first-order valence-electron chi connectivity index (χ1n) is 5.43. The molecule has 3 heteroatoms. The summed E-state index contributed by atoms with van der Waals surface area (Å²) in [5.41, 5.74) is 3.28. The van der Waals surface area contributed by atoms with Crippen molar-refractivity contribution in [1.29, 1.82) is 0 Å². The van der Waals surface area contributed by atoms with E-state index in [2.05, 4.69) is 5.32 Å². The van der Waals surface area contributed by atoms with Crippen molar-refractivity contribution in [2.24, 2.45) is 0 Å². The fourth-order valence-corrected chi connectivity index (χ4v) is 1.63. The zero-order valence-corrected chi connectivity index (χ0v) is 9.86. The van der Waals surface area contributed by atoms with Gasteiger partial charge in [0.25, 0.3) is 0 Å². The number of rotatable bonds is 2. The van der Waals surface area contributed by atoms with Gasteiger partial charge in [-0.1, -0.05) is 12.1 Å². The maximum Gasteiger partial charge on any atom is 0.139 e. The summed E-state index contributed by atoms with van der Waals surface area (Å²) in [5, 5.41) is 22.5. The Hall–Kier alpha value is -2.16. The maximum atomic E-state index is 9.82. The molecular weight excluding hydrogens is 214 g/mol. The molecule has 0 atom stereocenters. The Kier molecular flexibility index (Phi) is 2.91. The van der Waals surface area contributed by atoms with E-state index in [-0.39, 0.29) is 11.5 Å². The van der Waals surface area contributed by atoms with Gasteiger partial charge in [0, 0.05) is 0 Å². The maximum absolute atomic E-state index is 9.82. The van der Waals surface area contributed by atoms with Crippen LogP contribution in [0.25, 0.3) is 0 Å². The normalized spacial score (nSPS) is 10.2. The molecule has 88 valence electrons. The second-order valence-corrected chi connectivity index (χ2v) is 4.10. The number of hydrogen-bond donors (Lipinski definition) is 3. The summed E-state index contributed by atoms with van der Waals surface area (Å²) in [4.78, 5) is 0. The Morgan fingerprint density at radius 1 is 0.824 bits per heavy atom. The highest BCUT2D eigenvalue weighted by Gasteiger charge is 2.06. The van der Waals surface area contributed by atoms with Gasteiger partial charge in [0.1, 0.15) is 11.5 Å². The lowest BCUT2D eigenvalue weighted by atomic mass is 10.1. The largest absolute Gasteiger partial charge is 0.506 e. The lowest BCUT2D eigenvalue weighted by Gasteiger charge is -2.12. The van der Waals surface area contributed by atoms with Crippen molar-refractivity contribution in [3.63, 3.8) is 0 Å². The van der Waals surface area contributed by atoms with Crippen LogP contribution in [0.2, 0.25) is 0 Å². The number of benzene rings is 2. The summed E-state index contributed by atoms with van der Waals surface area (Å²) in [7, 11) is 0. The predicted molar refractivity (Wildman–Crippen MR) is 69.0 cm³/mol. The average Bonchev–Trinajstić information content (AvgIpc) is 2.29. The van der Waals surface area contributed by atoms with E-state index in [9.17, 15) is 10.2 Å². The van der Waals surface area contributed by atoms with Crippen molar-refractivity contribution < 1.29 is 10.2 Å². The molecule has 0 radical (unpaired) electrons. The Balaban J connectivity index is 2.37. The lowest BCUT2D eigenvalue weighted by molar-refractivity contribution is 0.474. The number of para-hydroxylation sites is 2. The van der Waals surface area contributed by atoms with Crippen molar-refractivity contribution in [1.82, 2.24) is 0 Å². The first-order chi connectivity index (χ1) is 8.08. The third-order valence-electron chi connectivity index (χ3n) is 2.79. The van der Waals surface area contributed by atoms with Crippen LogP contribution in [0.4, 0.5) is 11.4 Å². The van der Waals surface area contributed by atoms with Crippen molar-refractivity contribution in [3.05, 3.63) is 47.5 Å². The minimum absolute atomic E-state index is 0.158. The number of anilines is 2. The zero-order chi connectivity index (χ0) is 12.4. The highest BCUT2D eigenvalue weighted by atomic mass is 16.3. The summed E-state index contributed by atoms with van der Waals surface area (Å²) in [6, 6.07) is 10.5. The molecule has 0 heterocycles. The van der Waals surface area contributed by atoms with E-state index in [1.165, 1.54) is 0 Å². The molecule has 17 heavy (non-hydrogen) atoms. The summed E-state index contributed by atoms with van der Waals surface area (Å²) in [5.74, 6) is 0.335. The van der Waals surface area contributed by atoms with Crippen molar-refractivity contribution >= 4 is 11.4 Å². The van der Waals surface area contributed by atoms with E-state index in [0.717, 1.165) is 11.1 Å². The Morgan fingerprint density at radius 3 is 2.18 bits per heavy atom. The van der Waals surface area contributed by atoms with Crippen LogP contribution in [0.1, 0.15) is 11.1 Å². The molecule has 2 rings (SSSR count). The van der Waals surface area contributed by atoms with Crippen molar-refractivity contribution in [2.45, 2.75) is 13.8 Å². The standard InChI is InChI=1S/C14H15NO2/c1-9-7-12(14(17)8-10(9)2)15-11-5-3-4-6-13(11)16/h3-8,15-17H,1-2H3. The summed E-state index contributed by atoms with van der Waals surface area (Å²) in [6.45, 7) is 3.92. The van der Waals surface area contributed by atoms with Crippen LogP contribution in [-0.4, -0.2) is 10.2 Å². The fraction of sp³-hybridized carbons (Fsp3) is 0.143. The highest BCUT2D eigenvalue weighted by Crippen LogP contribution is 2.32. The van der Waals surface area contributed by atoms with Gasteiger partial charge in [-0.25, -0.2) is 0 Å². The second-order valence-electron chi connectivity index (χ2n) is 4.10. The highest BCUT2D eigenvalue weighted by molar-refractivity contribution is 5.71. The molecule has 0 amide bonds. The molecule has 0 saturated heterocycles. The van der Waals surface area contributed by atoms with E-state index in [1.54, 1.807) is 24.3 Å². The van der Waals surface area contributed by atoms with Crippen molar-refractivity contribution in [2.75, 3.05) is 5.32 Å². The number of phenols is 2. The number of hydrogen-bond acceptors (Lipinski definition) is 3. The molecule has 2 aromatic carbocycles. The molecule has 2 aromatic rings. The molecule has 0 aliphatic rings. The van der Waals surface area contributed by atoms with Gasteiger partial charge in [-0.05, 0) is 49.2 Å². The minimum atomic E-state index is 0.158. The Morgan fingerprint density at radius 2 is 1.47 bits per heavy atom. The van der Waals surface area contributed by atoms with Crippen LogP contribution in [0, 0.1) is 13.8 Å². The van der Waals surface area contributed by atoms with Gasteiger partial charge in [-0.3, -0.25) is 0 Å². The Bertz CT molecular complexity index is 550. The molecule has 0 spiro atoms. The lowest BCUT2D eigenvalue weighted by Crippen LogP contribution is -1.93. The molecule has 0 saturated carbocycles. The van der Waals surface area contributed by atoms with Crippen LogP contribution >= 0.6 is 0 Å². The molecule has 3 nitrogen and oxygen atoms in total. The molecule has 0 unspecified atom stereocenters. The summed E-state index contributed by atoms with van der Waals surface area (Å²) in [6.07, 6.45) is 0. The first-order valence-corrected chi connectivity index (χ1v) is 5.43.